The van der Waals surface area contributed by atoms with Crippen molar-refractivity contribution in [1.29, 1.82) is 0 Å². The predicted molar refractivity (Wildman–Crippen MR) is 96.8 cm³/mol. The molecule has 1 aliphatic heterocycles. The summed E-state index contributed by atoms with van der Waals surface area (Å²) in [5.41, 5.74) is 1.16. The van der Waals surface area contributed by atoms with Gasteiger partial charge >= 0.3 is 0 Å². The van der Waals surface area contributed by atoms with Gasteiger partial charge in [-0.2, -0.15) is 5.10 Å². The van der Waals surface area contributed by atoms with Crippen molar-refractivity contribution in [3.8, 4) is 5.75 Å². The van der Waals surface area contributed by atoms with Crippen molar-refractivity contribution in [3.63, 3.8) is 0 Å². The van der Waals surface area contributed by atoms with E-state index in [0.717, 1.165) is 48.9 Å². The number of aliphatic hydroxyl groups excluding tert-OH is 1. The molecule has 0 aliphatic carbocycles. The Balaban J connectivity index is 1.51. The number of aromatic nitrogens is 3. The first-order chi connectivity index (χ1) is 12.0. The lowest BCUT2D eigenvalue weighted by atomic mass is 10.2. The highest BCUT2D eigenvalue weighted by Crippen LogP contribution is 2.20. The Hall–Kier alpha value is -1.92. The van der Waals surface area contributed by atoms with Crippen molar-refractivity contribution in [2.24, 2.45) is 0 Å². The average Bonchev–Trinajstić information content (AvgIpc) is 3.12. The Bertz CT molecular complexity index is 700. The van der Waals surface area contributed by atoms with Crippen LogP contribution in [0.15, 0.2) is 24.3 Å². The van der Waals surface area contributed by atoms with Crippen LogP contribution in [0.5, 0.6) is 5.75 Å². The van der Waals surface area contributed by atoms with E-state index >= 15 is 0 Å². The topological polar surface area (TPSA) is 63.4 Å². The monoisotopic (exact) mass is 344 g/mol. The van der Waals surface area contributed by atoms with Gasteiger partial charge in [-0.15, -0.1) is 0 Å². The molecule has 2 heterocycles. The van der Waals surface area contributed by atoms with Gasteiger partial charge in [0.15, 0.2) is 0 Å². The fourth-order valence-corrected chi connectivity index (χ4v) is 3.50. The SMILES string of the molecule is Cc1cccc(OC[C@H](O)CN2CCC[C@H]2Cn2nc(C)nc2C)c1. The van der Waals surface area contributed by atoms with E-state index in [1.807, 2.05) is 49.7 Å². The summed E-state index contributed by atoms with van der Waals surface area (Å²) in [5, 5.41) is 14.8. The van der Waals surface area contributed by atoms with Crippen LogP contribution in [0.1, 0.15) is 30.1 Å². The van der Waals surface area contributed by atoms with Gasteiger partial charge in [-0.3, -0.25) is 4.90 Å². The first-order valence-corrected chi connectivity index (χ1v) is 9.01. The molecule has 3 rings (SSSR count). The molecular weight excluding hydrogens is 316 g/mol. The number of likely N-dealkylation sites (tertiary alicyclic amines) is 1. The molecule has 136 valence electrons. The van der Waals surface area contributed by atoms with Gasteiger partial charge < -0.3 is 9.84 Å². The predicted octanol–water partition coefficient (Wildman–Crippen LogP) is 2.11. The first-order valence-electron chi connectivity index (χ1n) is 9.01. The van der Waals surface area contributed by atoms with Crippen molar-refractivity contribution in [2.75, 3.05) is 19.7 Å². The van der Waals surface area contributed by atoms with Crippen molar-refractivity contribution in [2.45, 2.75) is 52.3 Å². The zero-order valence-corrected chi connectivity index (χ0v) is 15.4. The van der Waals surface area contributed by atoms with Gasteiger partial charge in [0.2, 0.25) is 0 Å². The summed E-state index contributed by atoms with van der Waals surface area (Å²) >= 11 is 0. The number of benzene rings is 1. The molecular formula is C19H28N4O2. The van der Waals surface area contributed by atoms with Crippen LogP contribution in [-0.2, 0) is 6.54 Å². The minimum atomic E-state index is -0.500. The van der Waals surface area contributed by atoms with E-state index in [1.54, 1.807) is 0 Å². The average molecular weight is 344 g/mol. The lowest BCUT2D eigenvalue weighted by Crippen LogP contribution is -2.40. The number of hydrogen-bond acceptors (Lipinski definition) is 5. The third-order valence-electron chi connectivity index (χ3n) is 4.72. The summed E-state index contributed by atoms with van der Waals surface area (Å²) in [4.78, 5) is 6.72. The van der Waals surface area contributed by atoms with Crippen LogP contribution in [0.25, 0.3) is 0 Å². The van der Waals surface area contributed by atoms with E-state index in [9.17, 15) is 5.11 Å². The molecule has 2 atom stereocenters. The van der Waals surface area contributed by atoms with E-state index in [-0.39, 0.29) is 0 Å². The Morgan fingerprint density at radius 2 is 2.16 bits per heavy atom. The summed E-state index contributed by atoms with van der Waals surface area (Å²) in [7, 11) is 0. The normalized spacial score (nSPS) is 19.3. The number of β-amino-alcohol motifs (C(OH)–C–C–N with tert-alkyl or cyclic N) is 1. The van der Waals surface area contributed by atoms with Gasteiger partial charge in [0.05, 0.1) is 6.54 Å². The molecule has 25 heavy (non-hydrogen) atoms. The first kappa shape index (κ1) is 17.9. The van der Waals surface area contributed by atoms with Crippen LogP contribution in [0.3, 0.4) is 0 Å². The third kappa shape index (κ3) is 4.80. The number of aliphatic hydroxyl groups is 1. The quantitative estimate of drug-likeness (QED) is 0.833. The second kappa shape index (κ2) is 7.97. The van der Waals surface area contributed by atoms with Crippen LogP contribution < -0.4 is 4.74 Å². The molecule has 6 nitrogen and oxygen atoms in total. The highest BCUT2D eigenvalue weighted by molar-refractivity contribution is 5.27. The molecule has 0 amide bonds. The molecule has 1 N–H and O–H groups in total. The van der Waals surface area contributed by atoms with Gasteiger partial charge in [0.1, 0.15) is 30.1 Å². The third-order valence-corrected chi connectivity index (χ3v) is 4.72. The van der Waals surface area contributed by atoms with Crippen LogP contribution >= 0.6 is 0 Å². The molecule has 0 bridgehead atoms. The number of aryl methyl sites for hydroxylation is 3. The fraction of sp³-hybridized carbons (Fsp3) is 0.579. The van der Waals surface area contributed by atoms with Gasteiger partial charge in [-0.05, 0) is 57.9 Å². The van der Waals surface area contributed by atoms with E-state index < -0.39 is 6.10 Å². The summed E-state index contributed by atoms with van der Waals surface area (Å²) in [6.45, 7) is 8.73. The summed E-state index contributed by atoms with van der Waals surface area (Å²) in [6, 6.07) is 8.31. The zero-order valence-electron chi connectivity index (χ0n) is 15.4. The molecule has 0 saturated carbocycles. The van der Waals surface area contributed by atoms with Crippen molar-refractivity contribution >= 4 is 0 Å². The summed E-state index contributed by atoms with van der Waals surface area (Å²) in [5.74, 6) is 2.58. The van der Waals surface area contributed by atoms with Gasteiger partial charge in [-0.25, -0.2) is 9.67 Å². The molecule has 1 aromatic heterocycles. The van der Waals surface area contributed by atoms with Crippen LogP contribution in [0.2, 0.25) is 0 Å². The van der Waals surface area contributed by atoms with Gasteiger partial charge in [0.25, 0.3) is 0 Å². The van der Waals surface area contributed by atoms with Crippen LogP contribution in [0, 0.1) is 20.8 Å². The standard InChI is InChI=1S/C19H28N4O2/c1-14-6-4-8-19(10-14)25-13-18(24)12-22-9-5-7-17(22)11-23-16(3)20-15(2)21-23/h4,6,8,10,17-18,24H,5,7,9,11-13H2,1-3H3/t17-,18+/m0/s1. The summed E-state index contributed by atoms with van der Waals surface area (Å²) in [6.07, 6.45) is 1.78. The maximum Gasteiger partial charge on any atom is 0.147 e. The fourth-order valence-electron chi connectivity index (χ4n) is 3.50. The van der Waals surface area contributed by atoms with Gasteiger partial charge in [0, 0.05) is 12.6 Å². The van der Waals surface area contributed by atoms with Crippen LogP contribution in [0.4, 0.5) is 0 Å². The summed E-state index contributed by atoms with van der Waals surface area (Å²) < 4.78 is 7.71. The smallest absolute Gasteiger partial charge is 0.147 e. The van der Waals surface area contributed by atoms with E-state index in [2.05, 4.69) is 15.0 Å². The molecule has 2 aromatic rings. The molecule has 1 aliphatic rings. The number of nitrogens with zero attached hydrogens (tertiary/aromatic N) is 4. The molecule has 0 spiro atoms. The lowest BCUT2D eigenvalue weighted by molar-refractivity contribution is 0.0608. The maximum atomic E-state index is 10.4. The Morgan fingerprint density at radius 3 is 2.88 bits per heavy atom. The van der Waals surface area contributed by atoms with Crippen LogP contribution in [-0.4, -0.2) is 56.6 Å². The van der Waals surface area contributed by atoms with E-state index in [4.69, 9.17) is 4.74 Å². The van der Waals surface area contributed by atoms with Crippen molar-refractivity contribution in [3.05, 3.63) is 41.5 Å². The number of hydrogen-bond donors (Lipinski definition) is 1. The molecule has 1 aromatic carbocycles. The highest BCUT2D eigenvalue weighted by Gasteiger charge is 2.27. The van der Waals surface area contributed by atoms with Crippen molar-refractivity contribution < 1.29 is 9.84 Å². The minimum Gasteiger partial charge on any atom is -0.491 e. The van der Waals surface area contributed by atoms with E-state index in [0.29, 0.717) is 19.2 Å². The van der Waals surface area contributed by atoms with E-state index in [1.165, 1.54) is 0 Å². The second-order valence-corrected chi connectivity index (χ2v) is 6.96. The molecule has 1 saturated heterocycles. The lowest BCUT2D eigenvalue weighted by Gasteiger charge is -2.27. The zero-order chi connectivity index (χ0) is 17.8. The molecule has 0 radical (unpaired) electrons. The molecule has 0 unspecified atom stereocenters. The number of ether oxygens (including phenoxy) is 1. The maximum absolute atomic E-state index is 10.4. The Labute approximate surface area is 149 Å². The largest absolute Gasteiger partial charge is 0.491 e. The van der Waals surface area contributed by atoms with Crippen molar-refractivity contribution in [1.82, 2.24) is 19.7 Å². The molecule has 1 fully saturated rings. The minimum absolute atomic E-state index is 0.314. The Kier molecular flexibility index (Phi) is 5.71. The molecule has 6 heteroatoms. The Morgan fingerprint density at radius 1 is 1.32 bits per heavy atom. The van der Waals surface area contributed by atoms with Gasteiger partial charge in [-0.1, -0.05) is 12.1 Å². The number of rotatable bonds is 7. The highest BCUT2D eigenvalue weighted by atomic mass is 16.5. The second-order valence-electron chi connectivity index (χ2n) is 6.96.